The number of aromatic nitrogens is 1. The highest BCUT2D eigenvalue weighted by atomic mass is 127. The molecule has 2 heterocycles. The largest absolute Gasteiger partial charge is 0.370 e. The molecule has 5 nitrogen and oxygen atoms in total. The minimum Gasteiger partial charge on any atom is -0.370 e. The maximum Gasteiger partial charge on any atom is 0.188 e. The van der Waals surface area contributed by atoms with Gasteiger partial charge in [-0.25, -0.2) is 4.98 Å². The Morgan fingerprint density at radius 2 is 1.94 bits per heavy atom. The molecule has 6 heteroatoms. The van der Waals surface area contributed by atoms with E-state index >= 15 is 0 Å². The van der Waals surface area contributed by atoms with Gasteiger partial charge in [0.05, 0.1) is 0 Å². The number of piperazine rings is 1. The van der Waals surface area contributed by atoms with Crippen molar-refractivity contribution in [2.45, 2.75) is 0 Å². The van der Waals surface area contributed by atoms with E-state index in [1.54, 1.807) is 6.20 Å². The van der Waals surface area contributed by atoms with Gasteiger partial charge in [0.25, 0.3) is 0 Å². The van der Waals surface area contributed by atoms with Crippen LogP contribution in [0.3, 0.4) is 0 Å². The second-order valence-corrected chi connectivity index (χ2v) is 3.55. The number of anilines is 1. The lowest BCUT2D eigenvalue weighted by Crippen LogP contribution is -2.51. The zero-order valence-corrected chi connectivity index (χ0v) is 11.3. The minimum absolute atomic E-state index is 0. The first kappa shape index (κ1) is 13.0. The zero-order valence-electron chi connectivity index (χ0n) is 8.97. The van der Waals surface area contributed by atoms with Gasteiger partial charge in [-0.3, -0.25) is 5.41 Å². The average molecular weight is 333 g/mol. The summed E-state index contributed by atoms with van der Waals surface area (Å²) < 4.78 is 0. The fraction of sp³-hybridized carbons (Fsp3) is 0.400. The van der Waals surface area contributed by atoms with Gasteiger partial charge in [0, 0.05) is 32.4 Å². The van der Waals surface area contributed by atoms with E-state index < -0.39 is 0 Å². The van der Waals surface area contributed by atoms with Crippen molar-refractivity contribution in [2.75, 3.05) is 31.1 Å². The van der Waals surface area contributed by atoms with Gasteiger partial charge < -0.3 is 15.5 Å². The van der Waals surface area contributed by atoms with Crippen molar-refractivity contribution < 1.29 is 0 Å². The van der Waals surface area contributed by atoms with Crippen LogP contribution in [0.15, 0.2) is 24.4 Å². The second-order valence-electron chi connectivity index (χ2n) is 3.55. The molecule has 0 unspecified atom stereocenters. The van der Waals surface area contributed by atoms with Crippen LogP contribution in [0.2, 0.25) is 0 Å². The predicted molar refractivity (Wildman–Crippen MR) is 75.4 cm³/mol. The van der Waals surface area contributed by atoms with Crippen LogP contribution in [0.1, 0.15) is 0 Å². The molecule has 0 saturated carbocycles. The Kier molecular flexibility index (Phi) is 4.78. The number of nitrogens with zero attached hydrogens (tertiary/aromatic N) is 3. The zero-order chi connectivity index (χ0) is 10.7. The number of rotatable bonds is 1. The summed E-state index contributed by atoms with van der Waals surface area (Å²) in [4.78, 5) is 8.38. The minimum atomic E-state index is 0. The van der Waals surface area contributed by atoms with Crippen LogP contribution >= 0.6 is 24.0 Å². The second kappa shape index (κ2) is 5.88. The quantitative estimate of drug-likeness (QED) is 0.451. The van der Waals surface area contributed by atoms with Gasteiger partial charge in [0.1, 0.15) is 5.82 Å². The summed E-state index contributed by atoms with van der Waals surface area (Å²) in [7, 11) is 0. The molecule has 0 amide bonds. The van der Waals surface area contributed by atoms with Gasteiger partial charge in [-0.1, -0.05) is 6.07 Å². The summed E-state index contributed by atoms with van der Waals surface area (Å²) >= 11 is 0. The first-order valence-corrected chi connectivity index (χ1v) is 5.02. The molecule has 0 bridgehead atoms. The molecule has 0 radical (unpaired) electrons. The van der Waals surface area contributed by atoms with E-state index in [1.807, 2.05) is 23.1 Å². The van der Waals surface area contributed by atoms with Crippen molar-refractivity contribution in [1.29, 1.82) is 5.41 Å². The Morgan fingerprint density at radius 1 is 1.25 bits per heavy atom. The number of nitrogens with two attached hydrogens (primary N) is 1. The van der Waals surface area contributed by atoms with Crippen molar-refractivity contribution in [1.82, 2.24) is 9.88 Å². The van der Waals surface area contributed by atoms with E-state index in [0.717, 1.165) is 32.0 Å². The summed E-state index contributed by atoms with van der Waals surface area (Å²) in [6.07, 6.45) is 1.80. The topological polar surface area (TPSA) is 69.2 Å². The third-order valence-electron chi connectivity index (χ3n) is 2.59. The Labute approximate surface area is 112 Å². The molecule has 2 rings (SSSR count). The molecule has 3 N–H and O–H groups in total. The molecule has 1 aromatic heterocycles. The SMILES string of the molecule is I.N=C(N)N1CCN(c2ccccn2)CC1. The van der Waals surface area contributed by atoms with Crippen LogP contribution in [0.4, 0.5) is 5.82 Å². The Balaban J connectivity index is 0.00000128. The van der Waals surface area contributed by atoms with Crippen molar-refractivity contribution in [2.24, 2.45) is 5.73 Å². The maximum atomic E-state index is 7.33. The number of nitrogens with one attached hydrogen (secondary N) is 1. The summed E-state index contributed by atoms with van der Waals surface area (Å²) in [5.74, 6) is 1.16. The maximum absolute atomic E-state index is 7.33. The van der Waals surface area contributed by atoms with Crippen molar-refractivity contribution in [3.63, 3.8) is 0 Å². The fourth-order valence-corrected chi connectivity index (χ4v) is 1.72. The van der Waals surface area contributed by atoms with E-state index in [9.17, 15) is 0 Å². The van der Waals surface area contributed by atoms with E-state index in [0.29, 0.717) is 0 Å². The molecular formula is C10H16IN5. The molecule has 1 aliphatic rings. The van der Waals surface area contributed by atoms with Crippen LogP contribution in [0.5, 0.6) is 0 Å². The number of hydrogen-bond donors (Lipinski definition) is 2. The number of guanidine groups is 1. The smallest absolute Gasteiger partial charge is 0.188 e. The van der Waals surface area contributed by atoms with Crippen LogP contribution < -0.4 is 10.6 Å². The molecule has 0 aromatic carbocycles. The third kappa shape index (κ3) is 2.97. The molecule has 1 aromatic rings. The van der Waals surface area contributed by atoms with Gasteiger partial charge in [-0.2, -0.15) is 0 Å². The van der Waals surface area contributed by atoms with Crippen LogP contribution in [-0.4, -0.2) is 42.0 Å². The van der Waals surface area contributed by atoms with Crippen LogP contribution in [0, 0.1) is 5.41 Å². The first-order chi connectivity index (χ1) is 7.27. The lowest BCUT2D eigenvalue weighted by Gasteiger charge is -2.35. The molecule has 1 saturated heterocycles. The number of pyridine rings is 1. The molecule has 1 aliphatic heterocycles. The molecule has 0 spiro atoms. The lowest BCUT2D eigenvalue weighted by atomic mass is 10.3. The van der Waals surface area contributed by atoms with Gasteiger partial charge in [-0.15, -0.1) is 24.0 Å². The Bertz CT molecular complexity index is 334. The van der Waals surface area contributed by atoms with E-state index in [2.05, 4.69) is 9.88 Å². The average Bonchev–Trinajstić information content (AvgIpc) is 2.30. The van der Waals surface area contributed by atoms with Gasteiger partial charge in [-0.05, 0) is 12.1 Å². The standard InChI is InChI=1S/C10H15N5.HI/c11-10(12)15-7-5-14(6-8-15)9-3-1-2-4-13-9;/h1-4H,5-8H2,(H3,11,12);1H. The summed E-state index contributed by atoms with van der Waals surface area (Å²) in [6.45, 7) is 3.34. The van der Waals surface area contributed by atoms with Gasteiger partial charge in [0.15, 0.2) is 5.96 Å². The van der Waals surface area contributed by atoms with Crippen molar-refractivity contribution in [3.8, 4) is 0 Å². The van der Waals surface area contributed by atoms with Crippen LogP contribution in [-0.2, 0) is 0 Å². The fourth-order valence-electron chi connectivity index (χ4n) is 1.72. The molecule has 0 atom stereocenters. The normalized spacial score (nSPS) is 15.5. The third-order valence-corrected chi connectivity index (χ3v) is 2.59. The number of halogens is 1. The Morgan fingerprint density at radius 3 is 2.44 bits per heavy atom. The highest BCUT2D eigenvalue weighted by Gasteiger charge is 2.17. The summed E-state index contributed by atoms with van der Waals surface area (Å²) in [6, 6.07) is 5.90. The first-order valence-electron chi connectivity index (χ1n) is 5.02. The lowest BCUT2D eigenvalue weighted by molar-refractivity contribution is 0.379. The highest BCUT2D eigenvalue weighted by molar-refractivity contribution is 14.0. The molecule has 16 heavy (non-hydrogen) atoms. The van der Waals surface area contributed by atoms with Crippen molar-refractivity contribution in [3.05, 3.63) is 24.4 Å². The monoisotopic (exact) mass is 333 g/mol. The molecule has 0 aliphatic carbocycles. The summed E-state index contributed by atoms with van der Waals surface area (Å²) in [5, 5.41) is 7.33. The van der Waals surface area contributed by atoms with Crippen molar-refractivity contribution >= 4 is 35.8 Å². The molecule has 1 fully saturated rings. The Hall–Kier alpha value is -1.05. The van der Waals surface area contributed by atoms with Gasteiger partial charge in [0.2, 0.25) is 0 Å². The molecular weight excluding hydrogens is 317 g/mol. The predicted octanol–water partition coefficient (Wildman–Crippen LogP) is 0.715. The van der Waals surface area contributed by atoms with Crippen LogP contribution in [0.25, 0.3) is 0 Å². The van der Waals surface area contributed by atoms with E-state index in [-0.39, 0.29) is 29.9 Å². The van der Waals surface area contributed by atoms with Gasteiger partial charge >= 0.3 is 0 Å². The van der Waals surface area contributed by atoms with E-state index in [4.69, 9.17) is 11.1 Å². The summed E-state index contributed by atoms with van der Waals surface area (Å²) in [5.41, 5.74) is 5.43. The highest BCUT2D eigenvalue weighted by Crippen LogP contribution is 2.11. The number of hydrogen-bond acceptors (Lipinski definition) is 3. The molecule has 88 valence electrons. The van der Waals surface area contributed by atoms with E-state index in [1.165, 1.54) is 0 Å².